The second kappa shape index (κ2) is 6.60. The van der Waals surface area contributed by atoms with Gasteiger partial charge in [-0.05, 0) is 37.8 Å². The standard InChI is InChI=1S/C21H26N6/c1-27-18-5-3-2-4-16(18)24-20(27)8-9-23-19-12-17(14-10-15(22)11-14)25-21(26-19)13-6-7-13/h2-5,12-15H,6-11,22H2,1H3,(H,23,25,26). The number of fused-ring (bicyclic) bond motifs is 1. The number of benzene rings is 1. The summed E-state index contributed by atoms with van der Waals surface area (Å²) in [4.78, 5) is 14.4. The van der Waals surface area contributed by atoms with E-state index in [0.717, 1.165) is 48.8 Å². The molecule has 0 bridgehead atoms. The smallest absolute Gasteiger partial charge is 0.134 e. The molecule has 0 saturated heterocycles. The van der Waals surface area contributed by atoms with Crippen LogP contribution in [0, 0.1) is 0 Å². The molecule has 2 heterocycles. The molecule has 0 unspecified atom stereocenters. The molecule has 3 aromatic rings. The third kappa shape index (κ3) is 3.30. The monoisotopic (exact) mass is 362 g/mol. The fraction of sp³-hybridized carbons (Fsp3) is 0.476. The van der Waals surface area contributed by atoms with E-state index in [1.807, 2.05) is 6.07 Å². The van der Waals surface area contributed by atoms with Crippen LogP contribution in [0.15, 0.2) is 30.3 Å². The van der Waals surface area contributed by atoms with Crippen LogP contribution in [0.2, 0.25) is 0 Å². The molecule has 0 amide bonds. The lowest BCUT2D eigenvalue weighted by Gasteiger charge is -2.32. The third-order valence-electron chi connectivity index (χ3n) is 5.83. The highest BCUT2D eigenvalue weighted by Gasteiger charge is 2.32. The Morgan fingerprint density at radius 3 is 2.67 bits per heavy atom. The van der Waals surface area contributed by atoms with Crippen molar-refractivity contribution >= 4 is 16.9 Å². The summed E-state index contributed by atoms with van der Waals surface area (Å²) in [5.41, 5.74) is 9.37. The second-order valence-electron chi connectivity index (χ2n) is 7.99. The van der Waals surface area contributed by atoms with Gasteiger partial charge in [0.2, 0.25) is 0 Å². The number of hydrogen-bond donors (Lipinski definition) is 2. The van der Waals surface area contributed by atoms with E-state index < -0.39 is 0 Å². The predicted molar refractivity (Wildman–Crippen MR) is 107 cm³/mol. The van der Waals surface area contributed by atoms with E-state index in [0.29, 0.717) is 17.9 Å². The topological polar surface area (TPSA) is 81.7 Å². The Hall–Kier alpha value is -2.47. The number of aromatic nitrogens is 4. The fourth-order valence-electron chi connectivity index (χ4n) is 3.93. The molecule has 1 aromatic carbocycles. The molecule has 0 spiro atoms. The van der Waals surface area contributed by atoms with Gasteiger partial charge in [-0.25, -0.2) is 15.0 Å². The molecule has 0 aliphatic heterocycles. The van der Waals surface area contributed by atoms with Gasteiger partial charge >= 0.3 is 0 Å². The fourth-order valence-corrected chi connectivity index (χ4v) is 3.93. The predicted octanol–water partition coefficient (Wildman–Crippen LogP) is 3.10. The number of para-hydroxylation sites is 2. The van der Waals surface area contributed by atoms with Gasteiger partial charge in [0.25, 0.3) is 0 Å². The van der Waals surface area contributed by atoms with Crippen molar-refractivity contribution in [2.45, 2.75) is 50.0 Å². The van der Waals surface area contributed by atoms with Crippen molar-refractivity contribution in [3.63, 3.8) is 0 Å². The minimum absolute atomic E-state index is 0.336. The minimum atomic E-state index is 0.336. The Bertz CT molecular complexity index is 968. The summed E-state index contributed by atoms with van der Waals surface area (Å²) in [5, 5.41) is 3.51. The maximum Gasteiger partial charge on any atom is 0.134 e. The highest BCUT2D eigenvalue weighted by Crippen LogP contribution is 2.41. The first-order chi connectivity index (χ1) is 13.2. The second-order valence-corrected chi connectivity index (χ2v) is 7.99. The molecule has 27 heavy (non-hydrogen) atoms. The summed E-state index contributed by atoms with van der Waals surface area (Å²) >= 11 is 0. The molecule has 2 saturated carbocycles. The number of nitrogens with zero attached hydrogens (tertiary/aromatic N) is 4. The van der Waals surface area contributed by atoms with Crippen molar-refractivity contribution in [3.8, 4) is 0 Å². The molecule has 140 valence electrons. The first-order valence-corrected chi connectivity index (χ1v) is 9.96. The molecular formula is C21H26N6. The normalized spacial score (nSPS) is 22.0. The van der Waals surface area contributed by atoms with Gasteiger partial charge in [-0.1, -0.05) is 12.1 Å². The van der Waals surface area contributed by atoms with Crippen LogP contribution in [0.5, 0.6) is 0 Å². The molecule has 2 aliphatic rings. The molecule has 0 radical (unpaired) electrons. The number of rotatable bonds is 6. The van der Waals surface area contributed by atoms with Gasteiger partial charge < -0.3 is 15.6 Å². The number of nitrogens with two attached hydrogens (primary N) is 1. The van der Waals surface area contributed by atoms with Gasteiger partial charge in [0, 0.05) is 49.7 Å². The van der Waals surface area contributed by atoms with Crippen molar-refractivity contribution in [1.82, 2.24) is 19.5 Å². The maximum absolute atomic E-state index is 5.98. The molecule has 3 N–H and O–H groups in total. The van der Waals surface area contributed by atoms with E-state index >= 15 is 0 Å². The van der Waals surface area contributed by atoms with E-state index in [-0.39, 0.29) is 0 Å². The van der Waals surface area contributed by atoms with E-state index in [4.69, 9.17) is 20.7 Å². The van der Waals surface area contributed by atoms with E-state index in [1.54, 1.807) is 0 Å². The zero-order valence-corrected chi connectivity index (χ0v) is 15.7. The summed E-state index contributed by atoms with van der Waals surface area (Å²) in [7, 11) is 2.08. The number of nitrogens with one attached hydrogen (secondary N) is 1. The van der Waals surface area contributed by atoms with Gasteiger partial charge in [-0.3, -0.25) is 0 Å². The quantitative estimate of drug-likeness (QED) is 0.704. The Labute approximate surface area is 159 Å². The number of hydrogen-bond acceptors (Lipinski definition) is 5. The first kappa shape index (κ1) is 16.7. The summed E-state index contributed by atoms with van der Waals surface area (Å²) < 4.78 is 2.17. The molecular weight excluding hydrogens is 336 g/mol. The Kier molecular flexibility index (Phi) is 4.08. The molecule has 6 nitrogen and oxygen atoms in total. The zero-order valence-electron chi connectivity index (χ0n) is 15.7. The lowest BCUT2D eigenvalue weighted by Crippen LogP contribution is -2.35. The van der Waals surface area contributed by atoms with Gasteiger partial charge in [-0.2, -0.15) is 0 Å². The van der Waals surface area contributed by atoms with Gasteiger partial charge in [0.15, 0.2) is 0 Å². The Morgan fingerprint density at radius 1 is 1.11 bits per heavy atom. The number of aryl methyl sites for hydroxylation is 1. The van der Waals surface area contributed by atoms with Gasteiger partial charge in [-0.15, -0.1) is 0 Å². The van der Waals surface area contributed by atoms with Crippen molar-refractivity contribution in [2.24, 2.45) is 12.8 Å². The van der Waals surface area contributed by atoms with Crippen LogP contribution in [0.25, 0.3) is 11.0 Å². The van der Waals surface area contributed by atoms with Crippen LogP contribution in [0.1, 0.15) is 54.9 Å². The molecule has 2 aromatic heterocycles. The molecule has 0 atom stereocenters. The van der Waals surface area contributed by atoms with Crippen molar-refractivity contribution in [3.05, 3.63) is 47.7 Å². The average Bonchev–Trinajstić information content (AvgIpc) is 3.45. The van der Waals surface area contributed by atoms with E-state index in [9.17, 15) is 0 Å². The average molecular weight is 362 g/mol. The molecule has 6 heteroatoms. The van der Waals surface area contributed by atoms with Crippen LogP contribution < -0.4 is 11.1 Å². The van der Waals surface area contributed by atoms with Crippen LogP contribution in [-0.2, 0) is 13.5 Å². The van der Waals surface area contributed by atoms with E-state index in [1.165, 1.54) is 24.1 Å². The van der Waals surface area contributed by atoms with Crippen molar-refractivity contribution in [2.75, 3.05) is 11.9 Å². The lowest BCUT2D eigenvalue weighted by atomic mass is 9.78. The largest absolute Gasteiger partial charge is 0.370 e. The number of anilines is 1. The van der Waals surface area contributed by atoms with Gasteiger partial charge in [0.1, 0.15) is 17.5 Å². The number of imidazole rings is 1. The molecule has 2 aliphatic carbocycles. The van der Waals surface area contributed by atoms with Crippen molar-refractivity contribution in [1.29, 1.82) is 0 Å². The molecule has 5 rings (SSSR count). The van der Waals surface area contributed by atoms with E-state index in [2.05, 4.69) is 41.2 Å². The zero-order chi connectivity index (χ0) is 18.4. The SMILES string of the molecule is Cn1c(CCNc2cc(C3CC(N)C3)nc(C3CC3)n2)nc2ccccc21. The van der Waals surface area contributed by atoms with Gasteiger partial charge in [0.05, 0.1) is 11.0 Å². The summed E-state index contributed by atoms with van der Waals surface area (Å²) in [6.07, 6.45) is 5.37. The third-order valence-corrected chi connectivity index (χ3v) is 5.83. The van der Waals surface area contributed by atoms with Crippen LogP contribution in [0.4, 0.5) is 5.82 Å². The Morgan fingerprint density at radius 2 is 1.93 bits per heavy atom. The van der Waals surface area contributed by atoms with Crippen LogP contribution in [-0.4, -0.2) is 32.1 Å². The van der Waals surface area contributed by atoms with Crippen LogP contribution >= 0.6 is 0 Å². The maximum atomic E-state index is 5.98. The first-order valence-electron chi connectivity index (χ1n) is 9.96. The summed E-state index contributed by atoms with van der Waals surface area (Å²) in [6.45, 7) is 0.807. The molecule has 2 fully saturated rings. The highest BCUT2D eigenvalue weighted by atomic mass is 15.1. The summed E-state index contributed by atoms with van der Waals surface area (Å²) in [5.74, 6) is 4.10. The summed E-state index contributed by atoms with van der Waals surface area (Å²) in [6, 6.07) is 10.7. The van der Waals surface area contributed by atoms with Crippen LogP contribution in [0.3, 0.4) is 0 Å². The van der Waals surface area contributed by atoms with Crippen molar-refractivity contribution < 1.29 is 0 Å². The Balaban J connectivity index is 1.30. The highest BCUT2D eigenvalue weighted by molar-refractivity contribution is 5.75. The minimum Gasteiger partial charge on any atom is -0.370 e. The lowest BCUT2D eigenvalue weighted by molar-refractivity contribution is 0.344.